The summed E-state index contributed by atoms with van der Waals surface area (Å²) in [5.74, 6) is 0.635. The number of carbonyl (C=O) groups excluding carboxylic acids is 1. The standard InChI is InChI=1S/C19H26N2OS/c1-4-15(5-2)13-21(6-3)19(22)17-14-23-18(20-17)12-16-10-8-7-9-11-16/h7-11,14-15H,4-6,12-13H2,1-3H3. The molecule has 0 saturated heterocycles. The fraction of sp³-hybridized carbons (Fsp3) is 0.474. The van der Waals surface area contributed by atoms with Crippen LogP contribution in [0.25, 0.3) is 0 Å². The van der Waals surface area contributed by atoms with Gasteiger partial charge in [-0.2, -0.15) is 0 Å². The first-order valence-corrected chi connectivity index (χ1v) is 9.33. The number of benzene rings is 1. The van der Waals surface area contributed by atoms with Gasteiger partial charge in [0.15, 0.2) is 0 Å². The fourth-order valence-electron chi connectivity index (χ4n) is 2.64. The molecule has 1 aromatic heterocycles. The lowest BCUT2D eigenvalue weighted by Gasteiger charge is -2.24. The van der Waals surface area contributed by atoms with Crippen LogP contribution < -0.4 is 0 Å². The highest BCUT2D eigenvalue weighted by atomic mass is 32.1. The molecule has 0 aliphatic rings. The number of thiazole rings is 1. The van der Waals surface area contributed by atoms with Crippen molar-refractivity contribution in [2.45, 2.75) is 40.0 Å². The van der Waals surface area contributed by atoms with Crippen LogP contribution in [0.4, 0.5) is 0 Å². The fourth-order valence-corrected chi connectivity index (χ4v) is 3.44. The second kappa shape index (κ2) is 8.82. The van der Waals surface area contributed by atoms with Crippen molar-refractivity contribution in [3.05, 3.63) is 52.0 Å². The van der Waals surface area contributed by atoms with Crippen molar-refractivity contribution in [2.75, 3.05) is 13.1 Å². The van der Waals surface area contributed by atoms with Gasteiger partial charge in [-0.05, 0) is 18.4 Å². The Hall–Kier alpha value is -1.68. The monoisotopic (exact) mass is 330 g/mol. The summed E-state index contributed by atoms with van der Waals surface area (Å²) in [6, 6.07) is 10.3. The third-order valence-electron chi connectivity index (χ3n) is 4.27. The van der Waals surface area contributed by atoms with E-state index < -0.39 is 0 Å². The number of hydrogen-bond acceptors (Lipinski definition) is 3. The van der Waals surface area contributed by atoms with Crippen LogP contribution in [0.5, 0.6) is 0 Å². The maximum atomic E-state index is 12.7. The van der Waals surface area contributed by atoms with Crippen molar-refractivity contribution in [1.29, 1.82) is 0 Å². The van der Waals surface area contributed by atoms with Crippen molar-refractivity contribution in [1.82, 2.24) is 9.88 Å². The SMILES string of the molecule is CCC(CC)CN(CC)C(=O)c1csc(Cc2ccccc2)n1. The normalized spacial score (nSPS) is 11.0. The molecule has 0 bridgehead atoms. The molecular weight excluding hydrogens is 304 g/mol. The molecule has 0 radical (unpaired) electrons. The average molecular weight is 330 g/mol. The quantitative estimate of drug-likeness (QED) is 0.707. The third kappa shape index (κ3) is 4.90. The molecule has 0 atom stereocenters. The second-order valence-corrected chi connectivity index (χ2v) is 6.76. The third-order valence-corrected chi connectivity index (χ3v) is 5.12. The van der Waals surface area contributed by atoms with Gasteiger partial charge in [0.2, 0.25) is 0 Å². The van der Waals surface area contributed by atoms with E-state index in [2.05, 4.69) is 31.0 Å². The molecule has 1 amide bonds. The smallest absolute Gasteiger partial charge is 0.273 e. The molecule has 1 heterocycles. The van der Waals surface area contributed by atoms with Gasteiger partial charge in [0.1, 0.15) is 5.69 Å². The molecule has 23 heavy (non-hydrogen) atoms. The van der Waals surface area contributed by atoms with Gasteiger partial charge < -0.3 is 4.90 Å². The molecule has 0 fully saturated rings. The molecule has 2 aromatic rings. The number of nitrogens with zero attached hydrogens (tertiary/aromatic N) is 2. The van der Waals surface area contributed by atoms with E-state index in [9.17, 15) is 4.79 Å². The predicted molar refractivity (Wildman–Crippen MR) is 97.0 cm³/mol. The summed E-state index contributed by atoms with van der Waals surface area (Å²) >= 11 is 1.57. The first kappa shape index (κ1) is 17.7. The molecule has 4 heteroatoms. The van der Waals surface area contributed by atoms with Crippen molar-refractivity contribution < 1.29 is 4.79 Å². The molecule has 1 aromatic carbocycles. The van der Waals surface area contributed by atoms with Gasteiger partial charge in [0, 0.05) is 24.9 Å². The van der Waals surface area contributed by atoms with Crippen LogP contribution in [0.1, 0.15) is 54.7 Å². The lowest BCUT2D eigenvalue weighted by Crippen LogP contribution is -2.35. The summed E-state index contributed by atoms with van der Waals surface area (Å²) < 4.78 is 0. The van der Waals surface area contributed by atoms with Gasteiger partial charge in [-0.1, -0.05) is 57.0 Å². The van der Waals surface area contributed by atoms with Crippen LogP contribution in [0.15, 0.2) is 35.7 Å². The van der Waals surface area contributed by atoms with Crippen LogP contribution in [0.3, 0.4) is 0 Å². The van der Waals surface area contributed by atoms with Crippen molar-refractivity contribution in [3.8, 4) is 0 Å². The minimum absolute atomic E-state index is 0.0648. The summed E-state index contributed by atoms with van der Waals surface area (Å²) in [5, 5.41) is 2.90. The highest BCUT2D eigenvalue weighted by Gasteiger charge is 2.20. The highest BCUT2D eigenvalue weighted by molar-refractivity contribution is 7.09. The Morgan fingerprint density at radius 2 is 1.87 bits per heavy atom. The number of aromatic nitrogens is 1. The minimum atomic E-state index is 0.0648. The van der Waals surface area contributed by atoms with Gasteiger partial charge in [0.05, 0.1) is 5.01 Å². The second-order valence-electron chi connectivity index (χ2n) is 5.82. The van der Waals surface area contributed by atoms with Crippen molar-refractivity contribution >= 4 is 17.2 Å². The molecule has 3 nitrogen and oxygen atoms in total. The number of carbonyl (C=O) groups is 1. The number of hydrogen-bond donors (Lipinski definition) is 0. The van der Waals surface area contributed by atoms with E-state index in [4.69, 9.17) is 0 Å². The number of amides is 1. The molecule has 2 rings (SSSR count). The van der Waals surface area contributed by atoms with E-state index in [1.54, 1.807) is 11.3 Å². The molecule has 124 valence electrons. The largest absolute Gasteiger partial charge is 0.337 e. The van der Waals surface area contributed by atoms with Gasteiger partial charge in [-0.3, -0.25) is 4.79 Å². The van der Waals surface area contributed by atoms with E-state index in [1.807, 2.05) is 35.4 Å². The van der Waals surface area contributed by atoms with E-state index in [1.165, 1.54) is 5.56 Å². The maximum Gasteiger partial charge on any atom is 0.273 e. The van der Waals surface area contributed by atoms with E-state index >= 15 is 0 Å². The maximum absolute atomic E-state index is 12.7. The average Bonchev–Trinajstić information content (AvgIpc) is 3.05. The Bertz CT molecular complexity index is 605. The van der Waals surface area contributed by atoms with Crippen LogP contribution in [-0.2, 0) is 6.42 Å². The van der Waals surface area contributed by atoms with Gasteiger partial charge >= 0.3 is 0 Å². The Morgan fingerprint density at radius 3 is 2.48 bits per heavy atom. The Labute approximate surface area is 143 Å². The summed E-state index contributed by atoms with van der Waals surface area (Å²) in [4.78, 5) is 19.2. The van der Waals surface area contributed by atoms with E-state index in [-0.39, 0.29) is 5.91 Å². The zero-order valence-corrected chi connectivity index (χ0v) is 15.1. The first-order valence-electron chi connectivity index (χ1n) is 8.45. The molecule has 0 saturated carbocycles. The van der Waals surface area contributed by atoms with Crippen LogP contribution in [-0.4, -0.2) is 28.9 Å². The van der Waals surface area contributed by atoms with Crippen LogP contribution in [0, 0.1) is 5.92 Å². The van der Waals surface area contributed by atoms with E-state index in [0.717, 1.165) is 37.4 Å². The number of rotatable bonds is 8. The van der Waals surface area contributed by atoms with Crippen LogP contribution in [0.2, 0.25) is 0 Å². The van der Waals surface area contributed by atoms with E-state index in [0.29, 0.717) is 11.6 Å². The minimum Gasteiger partial charge on any atom is -0.337 e. The highest BCUT2D eigenvalue weighted by Crippen LogP contribution is 2.17. The molecule has 0 spiro atoms. The summed E-state index contributed by atoms with van der Waals surface area (Å²) in [6.45, 7) is 7.98. The zero-order chi connectivity index (χ0) is 16.7. The molecule has 0 unspecified atom stereocenters. The summed E-state index contributed by atoms with van der Waals surface area (Å²) in [6.07, 6.45) is 3.00. The van der Waals surface area contributed by atoms with Gasteiger partial charge in [-0.15, -0.1) is 11.3 Å². The molecule has 0 N–H and O–H groups in total. The summed E-state index contributed by atoms with van der Waals surface area (Å²) in [7, 11) is 0. The zero-order valence-electron chi connectivity index (χ0n) is 14.3. The molecule has 0 aliphatic heterocycles. The van der Waals surface area contributed by atoms with Crippen molar-refractivity contribution in [2.24, 2.45) is 5.92 Å². The lowest BCUT2D eigenvalue weighted by atomic mass is 10.0. The van der Waals surface area contributed by atoms with Gasteiger partial charge in [-0.25, -0.2) is 4.98 Å². The Morgan fingerprint density at radius 1 is 1.17 bits per heavy atom. The first-order chi connectivity index (χ1) is 11.2. The van der Waals surface area contributed by atoms with Gasteiger partial charge in [0.25, 0.3) is 5.91 Å². The topological polar surface area (TPSA) is 33.2 Å². The van der Waals surface area contributed by atoms with Crippen LogP contribution >= 0.6 is 11.3 Å². The summed E-state index contributed by atoms with van der Waals surface area (Å²) in [5.41, 5.74) is 1.82. The Balaban J connectivity index is 2.04. The predicted octanol–water partition coefficient (Wildman–Crippen LogP) is 4.63. The molecule has 0 aliphatic carbocycles. The Kier molecular flexibility index (Phi) is 6.78. The van der Waals surface area contributed by atoms with Crippen molar-refractivity contribution in [3.63, 3.8) is 0 Å². The lowest BCUT2D eigenvalue weighted by molar-refractivity contribution is 0.0729. The molecular formula is C19H26N2OS.